The van der Waals surface area contributed by atoms with Gasteiger partial charge in [-0.25, -0.2) is 15.0 Å². The maximum absolute atomic E-state index is 12.9. The summed E-state index contributed by atoms with van der Waals surface area (Å²) >= 11 is 1.42. The van der Waals surface area contributed by atoms with Crippen molar-refractivity contribution in [2.75, 3.05) is 6.26 Å². The Labute approximate surface area is 135 Å². The van der Waals surface area contributed by atoms with Gasteiger partial charge in [0.2, 0.25) is 0 Å². The second kappa shape index (κ2) is 5.20. The molecule has 0 saturated carbocycles. The molecule has 0 spiro atoms. The molecule has 3 aromatic heterocycles. The van der Waals surface area contributed by atoms with E-state index in [-0.39, 0.29) is 5.56 Å². The van der Waals surface area contributed by atoms with Gasteiger partial charge in [-0.3, -0.25) is 9.48 Å². The Morgan fingerprint density at radius 1 is 1.26 bits per heavy atom. The van der Waals surface area contributed by atoms with Crippen molar-refractivity contribution >= 4 is 39.3 Å². The van der Waals surface area contributed by atoms with Gasteiger partial charge < -0.3 is 0 Å². The van der Waals surface area contributed by atoms with E-state index in [1.807, 2.05) is 35.2 Å². The van der Waals surface area contributed by atoms with E-state index in [0.717, 1.165) is 10.9 Å². The van der Waals surface area contributed by atoms with Crippen molar-refractivity contribution in [3.05, 3.63) is 53.5 Å². The van der Waals surface area contributed by atoms with Gasteiger partial charge in [0.25, 0.3) is 5.56 Å². The first-order valence-electron chi connectivity index (χ1n) is 7.06. The highest BCUT2D eigenvalue weighted by Gasteiger charge is 2.16. The second-order valence-electron chi connectivity index (χ2n) is 5.03. The molecule has 7 heteroatoms. The molecule has 4 rings (SSSR count). The molecule has 0 radical (unpaired) electrons. The fourth-order valence-electron chi connectivity index (χ4n) is 2.75. The van der Waals surface area contributed by atoms with Crippen LogP contribution in [0.2, 0.25) is 0 Å². The van der Waals surface area contributed by atoms with Crippen LogP contribution in [0, 0.1) is 0 Å². The molecule has 23 heavy (non-hydrogen) atoms. The van der Waals surface area contributed by atoms with Gasteiger partial charge in [-0.15, -0.1) is 6.58 Å². The Morgan fingerprint density at radius 3 is 2.87 bits per heavy atom. The first kappa shape index (κ1) is 14.0. The number of benzene rings is 1. The molecule has 4 aromatic rings. The highest BCUT2D eigenvalue weighted by molar-refractivity contribution is 7.98. The summed E-state index contributed by atoms with van der Waals surface area (Å²) in [6, 6.07) is 7.80. The Morgan fingerprint density at radius 2 is 2.09 bits per heavy atom. The normalized spacial score (nSPS) is 11.5. The van der Waals surface area contributed by atoms with Crippen molar-refractivity contribution in [1.82, 2.24) is 24.1 Å². The van der Waals surface area contributed by atoms with Gasteiger partial charge in [-0.2, -0.15) is 4.52 Å². The van der Waals surface area contributed by atoms with Crippen molar-refractivity contribution in [3.8, 4) is 0 Å². The highest BCUT2D eigenvalue weighted by Crippen LogP contribution is 2.21. The maximum atomic E-state index is 12.9. The van der Waals surface area contributed by atoms with Crippen LogP contribution < -0.4 is 5.56 Å². The minimum Gasteiger partial charge on any atom is -0.272 e. The molecule has 0 unspecified atom stereocenters. The first-order valence-corrected chi connectivity index (χ1v) is 8.29. The van der Waals surface area contributed by atoms with Crippen LogP contribution in [0.1, 0.15) is 0 Å². The lowest BCUT2D eigenvalue weighted by molar-refractivity contribution is 0.658. The Hall–Kier alpha value is -2.67. The zero-order valence-corrected chi connectivity index (χ0v) is 13.2. The highest BCUT2D eigenvalue weighted by atomic mass is 32.2. The standard InChI is InChI=1S/C16H13N5OS/c1-3-8-20-12-7-5-4-6-10(12)14-18-13-11(15(22)21(14)20)9-17-16(19-13)23-2/h3-7,9H,1,8H2,2H3. The first-order chi connectivity index (χ1) is 11.2. The summed E-state index contributed by atoms with van der Waals surface area (Å²) in [5.41, 5.74) is 1.79. The summed E-state index contributed by atoms with van der Waals surface area (Å²) in [5, 5.41) is 1.93. The van der Waals surface area contributed by atoms with Crippen LogP contribution in [-0.2, 0) is 6.54 Å². The number of hydrogen-bond acceptors (Lipinski definition) is 5. The van der Waals surface area contributed by atoms with Crippen molar-refractivity contribution in [3.63, 3.8) is 0 Å². The molecule has 6 nitrogen and oxygen atoms in total. The fraction of sp³-hybridized carbons (Fsp3) is 0.125. The van der Waals surface area contributed by atoms with E-state index in [1.165, 1.54) is 11.8 Å². The van der Waals surface area contributed by atoms with Gasteiger partial charge in [0.1, 0.15) is 5.39 Å². The predicted molar refractivity (Wildman–Crippen MR) is 92.0 cm³/mol. The number of hydrogen-bond donors (Lipinski definition) is 0. The zero-order chi connectivity index (χ0) is 16.0. The van der Waals surface area contributed by atoms with Crippen LogP contribution in [0.25, 0.3) is 27.6 Å². The van der Waals surface area contributed by atoms with Crippen molar-refractivity contribution in [2.24, 2.45) is 0 Å². The van der Waals surface area contributed by atoms with Gasteiger partial charge in [-0.05, 0) is 18.4 Å². The van der Waals surface area contributed by atoms with E-state index in [2.05, 4.69) is 21.5 Å². The number of allylic oxidation sites excluding steroid dienone is 1. The molecule has 1 aromatic carbocycles. The summed E-state index contributed by atoms with van der Waals surface area (Å²) in [7, 11) is 0. The lowest BCUT2D eigenvalue weighted by atomic mass is 10.2. The van der Waals surface area contributed by atoms with E-state index < -0.39 is 0 Å². The van der Waals surface area contributed by atoms with E-state index in [1.54, 1.807) is 16.8 Å². The zero-order valence-electron chi connectivity index (χ0n) is 12.4. The SMILES string of the molecule is C=CCn1c2ccccc2c2nc3nc(SC)ncc3c(=O)n21. The van der Waals surface area contributed by atoms with E-state index in [0.29, 0.717) is 28.4 Å². The van der Waals surface area contributed by atoms with Crippen molar-refractivity contribution in [2.45, 2.75) is 11.7 Å². The van der Waals surface area contributed by atoms with Crippen LogP contribution in [0.15, 0.2) is 53.1 Å². The molecule has 0 amide bonds. The lowest BCUT2D eigenvalue weighted by Gasteiger charge is -2.05. The number of aromatic nitrogens is 5. The lowest BCUT2D eigenvalue weighted by Crippen LogP contribution is -2.22. The number of thioether (sulfide) groups is 1. The van der Waals surface area contributed by atoms with Gasteiger partial charge >= 0.3 is 0 Å². The topological polar surface area (TPSA) is 65.1 Å². The fourth-order valence-corrected chi connectivity index (χ4v) is 3.08. The predicted octanol–water partition coefficient (Wildman–Crippen LogP) is 2.50. The van der Waals surface area contributed by atoms with Gasteiger partial charge in [0.15, 0.2) is 16.5 Å². The summed E-state index contributed by atoms with van der Waals surface area (Å²) in [5.74, 6) is 0. The van der Waals surface area contributed by atoms with Crippen LogP contribution >= 0.6 is 11.8 Å². The molecular weight excluding hydrogens is 310 g/mol. The van der Waals surface area contributed by atoms with Crippen LogP contribution in [0.5, 0.6) is 0 Å². The summed E-state index contributed by atoms with van der Waals surface area (Å²) in [6.45, 7) is 4.29. The third-order valence-corrected chi connectivity index (χ3v) is 4.29. The number of nitrogens with zero attached hydrogens (tertiary/aromatic N) is 5. The molecule has 0 aliphatic heterocycles. The Kier molecular flexibility index (Phi) is 3.16. The van der Waals surface area contributed by atoms with Gasteiger partial charge in [0.05, 0.1) is 12.1 Å². The van der Waals surface area contributed by atoms with E-state index in [9.17, 15) is 4.79 Å². The average Bonchev–Trinajstić information content (AvgIpc) is 2.89. The summed E-state index contributed by atoms with van der Waals surface area (Å²) in [6.07, 6.45) is 5.20. The molecule has 0 saturated heterocycles. The van der Waals surface area contributed by atoms with E-state index >= 15 is 0 Å². The minimum absolute atomic E-state index is 0.171. The van der Waals surface area contributed by atoms with Crippen LogP contribution in [0.3, 0.4) is 0 Å². The molecule has 0 bridgehead atoms. The summed E-state index contributed by atoms with van der Waals surface area (Å²) in [4.78, 5) is 26.1. The third kappa shape index (κ3) is 1.97. The molecular formula is C16H13N5OS. The molecule has 0 atom stereocenters. The quantitative estimate of drug-likeness (QED) is 0.329. The van der Waals surface area contributed by atoms with Gasteiger partial charge in [-0.1, -0.05) is 30.0 Å². The number of rotatable bonds is 3. The molecule has 0 aliphatic carbocycles. The molecule has 3 heterocycles. The minimum atomic E-state index is -0.171. The van der Waals surface area contributed by atoms with Crippen LogP contribution in [-0.4, -0.2) is 30.4 Å². The molecule has 0 N–H and O–H groups in total. The van der Waals surface area contributed by atoms with E-state index in [4.69, 9.17) is 0 Å². The van der Waals surface area contributed by atoms with Crippen LogP contribution in [0.4, 0.5) is 0 Å². The largest absolute Gasteiger partial charge is 0.284 e. The molecule has 114 valence electrons. The maximum Gasteiger partial charge on any atom is 0.284 e. The monoisotopic (exact) mass is 323 g/mol. The average molecular weight is 323 g/mol. The van der Waals surface area contributed by atoms with Gasteiger partial charge in [0, 0.05) is 11.6 Å². The number of para-hydroxylation sites is 1. The molecule has 0 fully saturated rings. The third-order valence-electron chi connectivity index (χ3n) is 3.73. The van der Waals surface area contributed by atoms with Crippen molar-refractivity contribution in [1.29, 1.82) is 0 Å². The Balaban J connectivity index is 2.26. The summed E-state index contributed by atoms with van der Waals surface area (Å²) < 4.78 is 3.45. The molecule has 0 aliphatic rings. The second-order valence-corrected chi connectivity index (χ2v) is 5.81. The van der Waals surface area contributed by atoms with Crippen molar-refractivity contribution < 1.29 is 0 Å². The Bertz CT molecular complexity index is 1130. The number of fused-ring (bicyclic) bond motifs is 4. The smallest absolute Gasteiger partial charge is 0.272 e.